The number of rotatable bonds is 6. The Kier molecular flexibility index (Phi) is 5.25. The highest BCUT2D eigenvalue weighted by atomic mass is 16.6. The fourth-order valence-corrected chi connectivity index (χ4v) is 1.32. The van der Waals surface area contributed by atoms with Crippen molar-refractivity contribution in [2.75, 3.05) is 13.7 Å². The number of carbonyl (C=O) groups is 2. The summed E-state index contributed by atoms with van der Waals surface area (Å²) in [6.07, 6.45) is 1.54. The molecule has 1 aromatic carbocycles. The monoisotopic (exact) mass is 277 g/mol. The number of benzene rings is 1. The van der Waals surface area contributed by atoms with Crippen LogP contribution in [-0.2, 0) is 9.63 Å². The van der Waals surface area contributed by atoms with Crippen LogP contribution in [0.3, 0.4) is 0 Å². The summed E-state index contributed by atoms with van der Waals surface area (Å²) in [6.45, 7) is 3.55. The summed E-state index contributed by atoms with van der Waals surface area (Å²) in [5.41, 5.74) is 5.79. The Labute approximate surface area is 118 Å². The van der Waals surface area contributed by atoms with Gasteiger partial charge in [-0.25, -0.2) is 0 Å². The van der Waals surface area contributed by atoms with Crippen molar-refractivity contribution < 1.29 is 14.4 Å². The summed E-state index contributed by atoms with van der Waals surface area (Å²) in [6, 6.07) is 6.83. The van der Waals surface area contributed by atoms with Gasteiger partial charge in [-0.15, -0.1) is 0 Å². The lowest BCUT2D eigenvalue weighted by Crippen LogP contribution is -2.42. The number of nitrogens with two attached hydrogens (primary N) is 1. The van der Waals surface area contributed by atoms with Gasteiger partial charge in [0.15, 0.2) is 0 Å². The molecule has 0 heterocycles. The summed E-state index contributed by atoms with van der Waals surface area (Å²) < 4.78 is 0. The van der Waals surface area contributed by atoms with Gasteiger partial charge < -0.3 is 15.9 Å². The standard InChI is InChI=1S/C14H19N3O3/c1-14(2,13(15)19)9-16-12(18)11-6-4-10(5-7-11)8-17-20-3/h4-8H,9H2,1-3H3,(H2,15,19)(H,16,18). The van der Waals surface area contributed by atoms with Gasteiger partial charge in [-0.2, -0.15) is 0 Å². The van der Waals surface area contributed by atoms with Crippen molar-refractivity contribution in [1.82, 2.24) is 5.32 Å². The summed E-state index contributed by atoms with van der Waals surface area (Å²) >= 11 is 0. The summed E-state index contributed by atoms with van der Waals surface area (Å²) in [4.78, 5) is 27.6. The second-order valence-corrected chi connectivity index (χ2v) is 4.97. The second kappa shape index (κ2) is 6.70. The van der Waals surface area contributed by atoms with Crippen LogP contribution < -0.4 is 11.1 Å². The Balaban J connectivity index is 2.64. The van der Waals surface area contributed by atoms with Crippen molar-refractivity contribution in [3.63, 3.8) is 0 Å². The van der Waals surface area contributed by atoms with Gasteiger partial charge in [-0.1, -0.05) is 17.3 Å². The Morgan fingerprint density at radius 1 is 1.35 bits per heavy atom. The molecule has 0 saturated heterocycles. The smallest absolute Gasteiger partial charge is 0.251 e. The van der Waals surface area contributed by atoms with Crippen LogP contribution >= 0.6 is 0 Å². The van der Waals surface area contributed by atoms with E-state index in [0.29, 0.717) is 5.56 Å². The molecule has 0 aliphatic rings. The van der Waals surface area contributed by atoms with E-state index in [1.165, 1.54) is 13.3 Å². The average molecular weight is 277 g/mol. The van der Waals surface area contributed by atoms with Crippen LogP contribution in [0.4, 0.5) is 0 Å². The van der Waals surface area contributed by atoms with Crippen LogP contribution in [0.1, 0.15) is 29.8 Å². The molecule has 0 atom stereocenters. The number of hydrogen-bond donors (Lipinski definition) is 2. The number of oxime groups is 1. The Morgan fingerprint density at radius 2 is 1.95 bits per heavy atom. The first kappa shape index (κ1) is 15.7. The van der Waals surface area contributed by atoms with E-state index < -0.39 is 11.3 Å². The van der Waals surface area contributed by atoms with Crippen LogP contribution in [0.5, 0.6) is 0 Å². The molecular formula is C14H19N3O3. The second-order valence-electron chi connectivity index (χ2n) is 4.97. The zero-order chi connectivity index (χ0) is 15.2. The SMILES string of the molecule is CON=Cc1ccc(C(=O)NCC(C)(C)C(N)=O)cc1. The molecule has 0 aromatic heterocycles. The van der Waals surface area contributed by atoms with E-state index in [9.17, 15) is 9.59 Å². The molecule has 6 nitrogen and oxygen atoms in total. The van der Waals surface area contributed by atoms with E-state index in [0.717, 1.165) is 5.56 Å². The van der Waals surface area contributed by atoms with E-state index in [1.54, 1.807) is 38.1 Å². The van der Waals surface area contributed by atoms with Crippen LogP contribution in [-0.4, -0.2) is 31.7 Å². The highest BCUT2D eigenvalue weighted by Gasteiger charge is 2.25. The highest BCUT2D eigenvalue weighted by Crippen LogP contribution is 2.12. The molecule has 20 heavy (non-hydrogen) atoms. The fourth-order valence-electron chi connectivity index (χ4n) is 1.32. The number of carbonyl (C=O) groups excluding carboxylic acids is 2. The predicted molar refractivity (Wildman–Crippen MR) is 76.4 cm³/mol. The third-order valence-electron chi connectivity index (χ3n) is 2.84. The molecule has 0 fully saturated rings. The van der Waals surface area contributed by atoms with E-state index in [2.05, 4.69) is 15.3 Å². The fraction of sp³-hybridized carbons (Fsp3) is 0.357. The first-order chi connectivity index (χ1) is 9.36. The molecule has 0 aliphatic carbocycles. The van der Waals surface area contributed by atoms with Gasteiger partial charge in [0.1, 0.15) is 7.11 Å². The van der Waals surface area contributed by atoms with E-state index in [1.807, 2.05) is 0 Å². The minimum absolute atomic E-state index is 0.189. The van der Waals surface area contributed by atoms with Crippen LogP contribution in [0.25, 0.3) is 0 Å². The minimum atomic E-state index is -0.777. The minimum Gasteiger partial charge on any atom is -0.399 e. The number of nitrogens with one attached hydrogen (secondary N) is 1. The quantitative estimate of drug-likeness (QED) is 0.597. The Morgan fingerprint density at radius 3 is 2.45 bits per heavy atom. The summed E-state index contributed by atoms with van der Waals surface area (Å²) in [5, 5.41) is 6.31. The summed E-state index contributed by atoms with van der Waals surface area (Å²) in [5.74, 6) is -0.710. The largest absolute Gasteiger partial charge is 0.399 e. The Hall–Kier alpha value is -2.37. The lowest BCUT2D eigenvalue weighted by molar-refractivity contribution is -0.125. The molecule has 0 unspecified atom stereocenters. The number of primary amides is 1. The Bertz CT molecular complexity index is 507. The third-order valence-corrected chi connectivity index (χ3v) is 2.84. The molecule has 0 bridgehead atoms. The van der Waals surface area contributed by atoms with Crippen LogP contribution in [0, 0.1) is 5.41 Å². The van der Waals surface area contributed by atoms with Crippen molar-refractivity contribution in [3.8, 4) is 0 Å². The predicted octanol–water partition coefficient (Wildman–Crippen LogP) is 0.908. The van der Waals surface area contributed by atoms with Crippen molar-refractivity contribution in [2.45, 2.75) is 13.8 Å². The zero-order valence-corrected chi connectivity index (χ0v) is 11.8. The average Bonchev–Trinajstić information content (AvgIpc) is 2.43. The van der Waals surface area contributed by atoms with E-state index in [4.69, 9.17) is 5.73 Å². The highest BCUT2D eigenvalue weighted by molar-refractivity contribution is 5.95. The van der Waals surface area contributed by atoms with Gasteiger partial charge in [0.05, 0.1) is 11.6 Å². The third kappa shape index (κ3) is 4.38. The lowest BCUT2D eigenvalue weighted by Gasteiger charge is -2.20. The topological polar surface area (TPSA) is 93.8 Å². The molecule has 0 radical (unpaired) electrons. The number of hydrogen-bond acceptors (Lipinski definition) is 4. The van der Waals surface area contributed by atoms with Gasteiger partial charge in [-0.05, 0) is 31.5 Å². The van der Waals surface area contributed by atoms with Crippen molar-refractivity contribution in [2.24, 2.45) is 16.3 Å². The molecule has 0 saturated carbocycles. The van der Waals surface area contributed by atoms with Gasteiger partial charge in [0.25, 0.3) is 5.91 Å². The number of amides is 2. The normalized spacial score (nSPS) is 11.3. The maximum atomic E-state index is 11.9. The molecule has 1 rings (SSSR count). The maximum absolute atomic E-state index is 11.9. The first-order valence-electron chi connectivity index (χ1n) is 6.11. The number of nitrogens with zero attached hydrogens (tertiary/aromatic N) is 1. The van der Waals surface area contributed by atoms with Gasteiger partial charge in [-0.3, -0.25) is 9.59 Å². The van der Waals surface area contributed by atoms with Gasteiger partial charge in [0, 0.05) is 12.1 Å². The summed E-state index contributed by atoms with van der Waals surface area (Å²) in [7, 11) is 1.46. The lowest BCUT2D eigenvalue weighted by atomic mass is 9.92. The van der Waals surface area contributed by atoms with Crippen molar-refractivity contribution in [1.29, 1.82) is 0 Å². The van der Waals surface area contributed by atoms with Gasteiger partial charge in [0.2, 0.25) is 5.91 Å². The van der Waals surface area contributed by atoms with E-state index >= 15 is 0 Å². The molecule has 1 aromatic rings. The first-order valence-corrected chi connectivity index (χ1v) is 6.11. The van der Waals surface area contributed by atoms with Crippen LogP contribution in [0.2, 0.25) is 0 Å². The molecule has 6 heteroatoms. The van der Waals surface area contributed by atoms with Crippen molar-refractivity contribution >= 4 is 18.0 Å². The molecule has 0 aliphatic heterocycles. The molecule has 108 valence electrons. The van der Waals surface area contributed by atoms with Crippen molar-refractivity contribution in [3.05, 3.63) is 35.4 Å². The molecular weight excluding hydrogens is 258 g/mol. The zero-order valence-electron chi connectivity index (χ0n) is 11.8. The molecule has 2 amide bonds. The molecule has 0 spiro atoms. The van der Waals surface area contributed by atoms with Gasteiger partial charge >= 0.3 is 0 Å². The maximum Gasteiger partial charge on any atom is 0.251 e. The van der Waals surface area contributed by atoms with E-state index in [-0.39, 0.29) is 12.5 Å². The van der Waals surface area contributed by atoms with Crippen LogP contribution in [0.15, 0.2) is 29.4 Å². The molecule has 3 N–H and O–H groups in total.